The van der Waals surface area contributed by atoms with Crippen LogP contribution in [0.3, 0.4) is 0 Å². The molecular formula is C19H20N6O. The van der Waals surface area contributed by atoms with Gasteiger partial charge in [0, 0.05) is 43.2 Å². The van der Waals surface area contributed by atoms with Crippen LogP contribution in [0.15, 0.2) is 49.3 Å². The molecule has 0 aliphatic carbocycles. The molecule has 0 amide bonds. The largest absolute Gasteiger partial charge is 0.436 e. The van der Waals surface area contributed by atoms with Crippen LogP contribution >= 0.6 is 0 Å². The number of piperidine rings is 1. The second-order valence-corrected chi connectivity index (χ2v) is 6.38. The summed E-state index contributed by atoms with van der Waals surface area (Å²) in [4.78, 5) is 23.9. The topological polar surface area (TPSA) is 76.9 Å². The van der Waals surface area contributed by atoms with Gasteiger partial charge in [-0.05, 0) is 31.9 Å². The van der Waals surface area contributed by atoms with Crippen molar-refractivity contribution in [2.24, 2.45) is 0 Å². The van der Waals surface area contributed by atoms with Crippen molar-refractivity contribution in [3.63, 3.8) is 0 Å². The maximum absolute atomic E-state index is 5.77. The third-order valence-electron chi connectivity index (χ3n) is 4.44. The number of aromatic nitrogens is 5. The SMILES string of the molecule is Cc1cc(N2CCC[C@H](c3cncc(Oc4cccnc4)n3)C2)ncn1. The Morgan fingerprint density at radius 3 is 2.96 bits per heavy atom. The quantitative estimate of drug-likeness (QED) is 0.717. The molecule has 1 atom stereocenters. The van der Waals surface area contributed by atoms with Gasteiger partial charge in [-0.3, -0.25) is 9.97 Å². The molecule has 0 radical (unpaired) electrons. The molecule has 26 heavy (non-hydrogen) atoms. The maximum atomic E-state index is 5.77. The molecule has 7 nitrogen and oxygen atoms in total. The molecule has 0 saturated carbocycles. The first-order valence-electron chi connectivity index (χ1n) is 8.71. The molecule has 1 fully saturated rings. The predicted molar refractivity (Wildman–Crippen MR) is 97.3 cm³/mol. The van der Waals surface area contributed by atoms with Gasteiger partial charge in [-0.25, -0.2) is 15.0 Å². The van der Waals surface area contributed by atoms with Crippen LogP contribution in [0.1, 0.15) is 30.1 Å². The summed E-state index contributed by atoms with van der Waals surface area (Å²) in [5.41, 5.74) is 1.92. The minimum absolute atomic E-state index is 0.295. The van der Waals surface area contributed by atoms with Crippen LogP contribution in [0.5, 0.6) is 11.6 Å². The van der Waals surface area contributed by atoms with E-state index in [0.29, 0.717) is 17.5 Å². The zero-order valence-corrected chi connectivity index (χ0v) is 14.6. The van der Waals surface area contributed by atoms with E-state index in [9.17, 15) is 0 Å². The standard InChI is InChI=1S/C19H20N6O/c1-14-8-18(23-13-22-14)25-7-3-4-15(12-25)17-10-21-11-19(24-17)26-16-5-2-6-20-9-16/h2,5-6,8-11,13,15H,3-4,7,12H2,1H3/t15-/m0/s1. The number of hydrogen-bond donors (Lipinski definition) is 0. The second kappa shape index (κ2) is 7.43. The van der Waals surface area contributed by atoms with E-state index in [-0.39, 0.29) is 0 Å². The van der Waals surface area contributed by atoms with E-state index in [1.54, 1.807) is 24.9 Å². The molecule has 1 aliphatic heterocycles. The van der Waals surface area contributed by atoms with Crippen LogP contribution in [0, 0.1) is 6.92 Å². The Balaban J connectivity index is 1.51. The van der Waals surface area contributed by atoms with Gasteiger partial charge < -0.3 is 9.64 Å². The van der Waals surface area contributed by atoms with Crippen molar-refractivity contribution in [3.8, 4) is 11.6 Å². The average molecular weight is 348 g/mol. The Kier molecular flexibility index (Phi) is 4.68. The zero-order chi connectivity index (χ0) is 17.8. The van der Waals surface area contributed by atoms with Gasteiger partial charge in [0.25, 0.3) is 0 Å². The lowest BCUT2D eigenvalue weighted by atomic mass is 9.95. The molecule has 3 aromatic rings. The summed E-state index contributed by atoms with van der Waals surface area (Å²) >= 11 is 0. The number of pyridine rings is 1. The summed E-state index contributed by atoms with van der Waals surface area (Å²) in [6.45, 7) is 3.84. The first kappa shape index (κ1) is 16.4. The minimum atomic E-state index is 0.295. The van der Waals surface area contributed by atoms with Gasteiger partial charge >= 0.3 is 0 Å². The highest BCUT2D eigenvalue weighted by molar-refractivity contribution is 5.40. The molecule has 0 N–H and O–H groups in total. The third kappa shape index (κ3) is 3.77. The van der Waals surface area contributed by atoms with Gasteiger partial charge in [-0.2, -0.15) is 0 Å². The predicted octanol–water partition coefficient (Wildman–Crippen LogP) is 3.15. The monoisotopic (exact) mass is 348 g/mol. The molecule has 0 bridgehead atoms. The summed E-state index contributed by atoms with van der Waals surface area (Å²) < 4.78 is 5.77. The molecule has 3 aromatic heterocycles. The summed E-state index contributed by atoms with van der Waals surface area (Å²) in [6.07, 6.45) is 10.6. The first-order chi connectivity index (χ1) is 12.8. The fourth-order valence-electron chi connectivity index (χ4n) is 3.18. The van der Waals surface area contributed by atoms with E-state index in [1.165, 1.54) is 0 Å². The van der Waals surface area contributed by atoms with Crippen molar-refractivity contribution in [3.05, 3.63) is 60.7 Å². The summed E-state index contributed by atoms with van der Waals surface area (Å²) in [5.74, 6) is 2.41. The Hall–Kier alpha value is -3.09. The minimum Gasteiger partial charge on any atom is -0.436 e. The normalized spacial score (nSPS) is 17.1. The molecule has 0 aromatic carbocycles. The van der Waals surface area contributed by atoms with Crippen molar-refractivity contribution in [1.29, 1.82) is 0 Å². The Bertz CT molecular complexity index is 873. The van der Waals surface area contributed by atoms with Gasteiger partial charge in [-0.15, -0.1) is 0 Å². The lowest BCUT2D eigenvalue weighted by molar-refractivity contribution is 0.444. The molecule has 7 heteroatoms. The average Bonchev–Trinajstić information content (AvgIpc) is 2.69. The fraction of sp³-hybridized carbons (Fsp3) is 0.316. The molecule has 4 rings (SSSR count). The Labute approximate surface area is 152 Å². The van der Waals surface area contributed by atoms with Gasteiger partial charge in [0.05, 0.1) is 18.1 Å². The van der Waals surface area contributed by atoms with Crippen molar-refractivity contribution >= 4 is 5.82 Å². The van der Waals surface area contributed by atoms with Gasteiger partial charge in [0.1, 0.15) is 17.9 Å². The zero-order valence-electron chi connectivity index (χ0n) is 14.6. The maximum Gasteiger partial charge on any atom is 0.238 e. The summed E-state index contributed by atoms with van der Waals surface area (Å²) in [5, 5.41) is 0. The molecule has 132 valence electrons. The molecule has 0 unspecified atom stereocenters. The highest BCUT2D eigenvalue weighted by atomic mass is 16.5. The van der Waals surface area contributed by atoms with Gasteiger partial charge in [-0.1, -0.05) is 0 Å². The fourth-order valence-corrected chi connectivity index (χ4v) is 3.18. The van der Waals surface area contributed by atoms with Crippen LogP contribution in [-0.2, 0) is 0 Å². The number of hydrogen-bond acceptors (Lipinski definition) is 7. The van der Waals surface area contributed by atoms with E-state index in [1.807, 2.05) is 31.3 Å². The van der Waals surface area contributed by atoms with Crippen LogP contribution in [0.25, 0.3) is 0 Å². The van der Waals surface area contributed by atoms with E-state index < -0.39 is 0 Å². The molecule has 0 spiro atoms. The van der Waals surface area contributed by atoms with E-state index in [4.69, 9.17) is 4.74 Å². The Morgan fingerprint density at radius 1 is 1.15 bits per heavy atom. The van der Waals surface area contributed by atoms with Gasteiger partial charge in [0.2, 0.25) is 5.88 Å². The van der Waals surface area contributed by atoms with Crippen molar-refractivity contribution in [1.82, 2.24) is 24.9 Å². The van der Waals surface area contributed by atoms with E-state index in [2.05, 4.69) is 29.8 Å². The number of aryl methyl sites for hydroxylation is 1. The van der Waals surface area contributed by atoms with Crippen LogP contribution < -0.4 is 9.64 Å². The molecule has 1 aliphatic rings. The number of ether oxygens (including phenoxy) is 1. The number of anilines is 1. The van der Waals surface area contributed by atoms with Gasteiger partial charge in [0.15, 0.2) is 0 Å². The number of nitrogens with zero attached hydrogens (tertiary/aromatic N) is 6. The first-order valence-corrected chi connectivity index (χ1v) is 8.71. The third-order valence-corrected chi connectivity index (χ3v) is 4.44. The Morgan fingerprint density at radius 2 is 2.12 bits per heavy atom. The highest BCUT2D eigenvalue weighted by Gasteiger charge is 2.24. The van der Waals surface area contributed by atoms with Crippen molar-refractivity contribution in [2.45, 2.75) is 25.7 Å². The summed E-state index contributed by atoms with van der Waals surface area (Å²) in [7, 11) is 0. The lowest BCUT2D eigenvalue weighted by Crippen LogP contribution is -2.35. The smallest absolute Gasteiger partial charge is 0.238 e. The van der Waals surface area contributed by atoms with Crippen LogP contribution in [0.2, 0.25) is 0 Å². The molecule has 4 heterocycles. The lowest BCUT2D eigenvalue weighted by Gasteiger charge is -2.33. The second-order valence-electron chi connectivity index (χ2n) is 6.38. The van der Waals surface area contributed by atoms with E-state index in [0.717, 1.165) is 43.1 Å². The van der Waals surface area contributed by atoms with Crippen molar-refractivity contribution in [2.75, 3.05) is 18.0 Å². The molecule has 1 saturated heterocycles. The molecular weight excluding hydrogens is 328 g/mol. The summed E-state index contributed by atoms with van der Waals surface area (Å²) in [6, 6.07) is 5.70. The van der Waals surface area contributed by atoms with Crippen molar-refractivity contribution < 1.29 is 4.74 Å². The van der Waals surface area contributed by atoms with E-state index >= 15 is 0 Å². The van der Waals surface area contributed by atoms with Crippen LogP contribution in [0.4, 0.5) is 5.82 Å². The number of rotatable bonds is 4. The highest BCUT2D eigenvalue weighted by Crippen LogP contribution is 2.29. The van der Waals surface area contributed by atoms with Crippen LogP contribution in [-0.4, -0.2) is 38.0 Å².